The van der Waals surface area contributed by atoms with Gasteiger partial charge in [-0.3, -0.25) is 9.59 Å². The SMILES string of the molecule is Cc1ccccc1NC(=O)c1cc2ccccc2cc1OCC(=O)N1CCCC1. The molecule has 1 aliphatic heterocycles. The number of para-hydroxylation sites is 1. The number of hydrogen-bond donors (Lipinski definition) is 1. The van der Waals surface area contributed by atoms with Crippen molar-refractivity contribution in [2.24, 2.45) is 0 Å². The maximum absolute atomic E-state index is 13.0. The number of benzene rings is 3. The maximum atomic E-state index is 13.0. The molecule has 0 aromatic heterocycles. The molecule has 2 amide bonds. The van der Waals surface area contributed by atoms with Gasteiger partial charge in [-0.15, -0.1) is 0 Å². The molecular formula is C24H24N2O3. The fourth-order valence-corrected chi connectivity index (χ4v) is 3.62. The van der Waals surface area contributed by atoms with Gasteiger partial charge in [-0.1, -0.05) is 42.5 Å². The van der Waals surface area contributed by atoms with Crippen molar-refractivity contribution in [2.75, 3.05) is 25.0 Å². The fraction of sp³-hybridized carbons (Fsp3) is 0.250. The van der Waals surface area contributed by atoms with Gasteiger partial charge in [0, 0.05) is 18.8 Å². The predicted octanol–water partition coefficient (Wildman–Crippen LogP) is 4.40. The summed E-state index contributed by atoms with van der Waals surface area (Å²) in [6.07, 6.45) is 2.07. The Bertz CT molecular complexity index is 1050. The van der Waals surface area contributed by atoms with Gasteiger partial charge in [0.1, 0.15) is 5.75 Å². The topological polar surface area (TPSA) is 58.6 Å². The third-order valence-corrected chi connectivity index (χ3v) is 5.30. The molecule has 0 atom stereocenters. The number of anilines is 1. The van der Waals surface area contributed by atoms with E-state index in [1.807, 2.05) is 72.5 Å². The number of carbonyl (C=O) groups is 2. The number of amides is 2. The number of nitrogens with one attached hydrogen (secondary N) is 1. The minimum absolute atomic E-state index is 0.0408. The number of aryl methyl sites for hydroxylation is 1. The van der Waals surface area contributed by atoms with Gasteiger partial charge in [-0.05, 0) is 54.3 Å². The maximum Gasteiger partial charge on any atom is 0.260 e. The molecule has 0 saturated carbocycles. The molecule has 148 valence electrons. The molecule has 5 nitrogen and oxygen atoms in total. The molecule has 0 aliphatic carbocycles. The molecular weight excluding hydrogens is 364 g/mol. The van der Waals surface area contributed by atoms with Crippen LogP contribution < -0.4 is 10.1 Å². The average Bonchev–Trinajstić information content (AvgIpc) is 3.28. The number of nitrogens with zero attached hydrogens (tertiary/aromatic N) is 1. The Morgan fingerprint density at radius 1 is 0.966 bits per heavy atom. The largest absolute Gasteiger partial charge is 0.483 e. The predicted molar refractivity (Wildman–Crippen MR) is 114 cm³/mol. The molecule has 1 saturated heterocycles. The number of rotatable bonds is 5. The molecule has 1 aliphatic rings. The zero-order valence-electron chi connectivity index (χ0n) is 16.5. The Morgan fingerprint density at radius 2 is 1.62 bits per heavy atom. The molecule has 3 aromatic carbocycles. The van der Waals surface area contributed by atoms with E-state index in [9.17, 15) is 9.59 Å². The van der Waals surface area contributed by atoms with Crippen LogP contribution in [0.25, 0.3) is 10.8 Å². The first-order valence-electron chi connectivity index (χ1n) is 9.92. The van der Waals surface area contributed by atoms with Crippen LogP contribution in [0.1, 0.15) is 28.8 Å². The summed E-state index contributed by atoms with van der Waals surface area (Å²) in [5.74, 6) is 0.122. The van der Waals surface area contributed by atoms with Gasteiger partial charge in [0.25, 0.3) is 11.8 Å². The summed E-state index contributed by atoms with van der Waals surface area (Å²) in [6, 6.07) is 19.1. The van der Waals surface area contributed by atoms with Crippen LogP contribution >= 0.6 is 0 Å². The van der Waals surface area contributed by atoms with Gasteiger partial charge >= 0.3 is 0 Å². The van der Waals surface area contributed by atoms with Crippen LogP contribution in [0.5, 0.6) is 5.75 Å². The van der Waals surface area contributed by atoms with Crippen molar-refractivity contribution in [2.45, 2.75) is 19.8 Å². The first-order valence-corrected chi connectivity index (χ1v) is 9.92. The van der Waals surface area contributed by atoms with Crippen molar-refractivity contribution in [3.8, 4) is 5.75 Å². The first-order chi connectivity index (χ1) is 14.1. The zero-order valence-corrected chi connectivity index (χ0v) is 16.5. The lowest BCUT2D eigenvalue weighted by atomic mass is 10.0. The minimum atomic E-state index is -0.256. The van der Waals surface area contributed by atoms with Crippen molar-refractivity contribution < 1.29 is 14.3 Å². The molecule has 0 unspecified atom stereocenters. The number of fused-ring (bicyclic) bond motifs is 1. The highest BCUT2D eigenvalue weighted by Crippen LogP contribution is 2.28. The molecule has 1 heterocycles. The molecule has 0 radical (unpaired) electrons. The average molecular weight is 388 g/mol. The zero-order chi connectivity index (χ0) is 20.2. The van der Waals surface area contributed by atoms with Crippen molar-refractivity contribution in [3.05, 3.63) is 71.8 Å². The summed E-state index contributed by atoms with van der Waals surface area (Å²) in [5.41, 5.74) is 2.15. The van der Waals surface area contributed by atoms with Crippen LogP contribution in [0, 0.1) is 6.92 Å². The highest BCUT2D eigenvalue weighted by molar-refractivity contribution is 6.09. The third kappa shape index (κ3) is 4.24. The second kappa shape index (κ2) is 8.35. The molecule has 1 N–H and O–H groups in total. The van der Waals surface area contributed by atoms with Crippen LogP contribution in [0.4, 0.5) is 5.69 Å². The van der Waals surface area contributed by atoms with Crippen LogP contribution in [0.2, 0.25) is 0 Å². The number of likely N-dealkylation sites (tertiary alicyclic amines) is 1. The molecule has 0 spiro atoms. The lowest BCUT2D eigenvalue weighted by molar-refractivity contribution is -0.132. The van der Waals surface area contributed by atoms with E-state index in [0.29, 0.717) is 11.3 Å². The fourth-order valence-electron chi connectivity index (χ4n) is 3.62. The molecule has 4 rings (SSSR count). The van der Waals surface area contributed by atoms with E-state index >= 15 is 0 Å². The second-order valence-electron chi connectivity index (χ2n) is 7.34. The minimum Gasteiger partial charge on any atom is -0.483 e. The standard InChI is InChI=1S/C24H24N2O3/c1-17-8-2-5-11-21(17)25-24(28)20-14-18-9-3-4-10-19(18)15-22(20)29-16-23(27)26-12-6-7-13-26/h2-5,8-11,14-15H,6-7,12-13,16H2,1H3,(H,25,28). The monoisotopic (exact) mass is 388 g/mol. The summed E-state index contributed by atoms with van der Waals surface area (Å²) >= 11 is 0. The lowest BCUT2D eigenvalue weighted by Gasteiger charge is -2.17. The molecule has 5 heteroatoms. The Balaban J connectivity index is 1.61. The van der Waals surface area contributed by atoms with Gasteiger partial charge in [0.15, 0.2) is 6.61 Å². The van der Waals surface area contributed by atoms with E-state index < -0.39 is 0 Å². The number of ether oxygens (including phenoxy) is 1. The normalized spacial score (nSPS) is 13.5. The Kier molecular flexibility index (Phi) is 5.47. The molecule has 0 bridgehead atoms. The van der Waals surface area contributed by atoms with Crippen molar-refractivity contribution in [3.63, 3.8) is 0 Å². The van der Waals surface area contributed by atoms with E-state index in [-0.39, 0.29) is 18.4 Å². The van der Waals surface area contributed by atoms with Crippen molar-refractivity contribution in [1.82, 2.24) is 4.90 Å². The van der Waals surface area contributed by atoms with E-state index in [1.165, 1.54) is 0 Å². The van der Waals surface area contributed by atoms with Gasteiger partial charge in [-0.2, -0.15) is 0 Å². The van der Waals surface area contributed by atoms with Crippen molar-refractivity contribution >= 4 is 28.3 Å². The Morgan fingerprint density at radius 3 is 2.34 bits per heavy atom. The van der Waals surface area contributed by atoms with Crippen LogP contribution in [-0.2, 0) is 4.79 Å². The summed E-state index contributed by atoms with van der Waals surface area (Å²) < 4.78 is 5.86. The van der Waals surface area contributed by atoms with Gasteiger partial charge in [0.2, 0.25) is 0 Å². The summed E-state index contributed by atoms with van der Waals surface area (Å²) in [6.45, 7) is 3.44. The Labute approximate surface area is 170 Å². The van der Waals surface area contributed by atoms with Crippen LogP contribution in [0.15, 0.2) is 60.7 Å². The second-order valence-corrected chi connectivity index (χ2v) is 7.34. The van der Waals surface area contributed by atoms with Crippen LogP contribution in [-0.4, -0.2) is 36.4 Å². The summed E-state index contributed by atoms with van der Waals surface area (Å²) in [7, 11) is 0. The summed E-state index contributed by atoms with van der Waals surface area (Å²) in [4.78, 5) is 27.3. The van der Waals surface area contributed by atoms with E-state index in [0.717, 1.165) is 48.0 Å². The quantitative estimate of drug-likeness (QED) is 0.705. The third-order valence-electron chi connectivity index (χ3n) is 5.30. The summed E-state index contributed by atoms with van der Waals surface area (Å²) in [5, 5.41) is 4.87. The number of carbonyl (C=O) groups excluding carboxylic acids is 2. The highest BCUT2D eigenvalue weighted by Gasteiger charge is 2.20. The van der Waals surface area contributed by atoms with E-state index in [4.69, 9.17) is 4.74 Å². The number of hydrogen-bond acceptors (Lipinski definition) is 3. The molecule has 3 aromatic rings. The van der Waals surface area contributed by atoms with Gasteiger partial charge in [-0.25, -0.2) is 0 Å². The van der Waals surface area contributed by atoms with Gasteiger partial charge < -0.3 is 15.0 Å². The van der Waals surface area contributed by atoms with E-state index in [1.54, 1.807) is 0 Å². The van der Waals surface area contributed by atoms with Crippen LogP contribution in [0.3, 0.4) is 0 Å². The highest BCUT2D eigenvalue weighted by atomic mass is 16.5. The smallest absolute Gasteiger partial charge is 0.260 e. The lowest BCUT2D eigenvalue weighted by Crippen LogP contribution is -2.32. The Hall–Kier alpha value is -3.34. The molecule has 1 fully saturated rings. The molecule has 29 heavy (non-hydrogen) atoms. The first kappa shape index (κ1) is 19.0. The van der Waals surface area contributed by atoms with Crippen molar-refractivity contribution in [1.29, 1.82) is 0 Å². The van der Waals surface area contributed by atoms with Gasteiger partial charge in [0.05, 0.1) is 5.56 Å². The van der Waals surface area contributed by atoms with E-state index in [2.05, 4.69) is 5.32 Å².